The van der Waals surface area contributed by atoms with E-state index in [-0.39, 0.29) is 5.78 Å². The molecule has 0 saturated carbocycles. The Bertz CT molecular complexity index is 436. The van der Waals surface area contributed by atoms with E-state index in [2.05, 4.69) is 9.88 Å². The summed E-state index contributed by atoms with van der Waals surface area (Å²) in [5, 5.41) is 0.716. The van der Waals surface area contributed by atoms with Gasteiger partial charge in [0.1, 0.15) is 5.78 Å². The van der Waals surface area contributed by atoms with Gasteiger partial charge in [0.05, 0.1) is 5.02 Å². The van der Waals surface area contributed by atoms with Gasteiger partial charge in [0.15, 0.2) is 0 Å². The molecule has 19 heavy (non-hydrogen) atoms. The van der Waals surface area contributed by atoms with Gasteiger partial charge in [0, 0.05) is 31.4 Å². The molecule has 1 aromatic heterocycles. The van der Waals surface area contributed by atoms with Crippen molar-refractivity contribution in [3.05, 3.63) is 29.0 Å². The van der Waals surface area contributed by atoms with E-state index in [9.17, 15) is 4.79 Å². The first-order valence-corrected chi connectivity index (χ1v) is 7.36. The third kappa shape index (κ3) is 4.29. The molecule has 0 amide bonds. The first-order chi connectivity index (χ1) is 9.16. The van der Waals surface area contributed by atoms with Crippen molar-refractivity contribution in [2.45, 2.75) is 51.6 Å². The normalized spacial score (nSPS) is 21.1. The van der Waals surface area contributed by atoms with Gasteiger partial charge in [0.2, 0.25) is 0 Å². The fourth-order valence-corrected chi connectivity index (χ4v) is 2.94. The van der Waals surface area contributed by atoms with E-state index < -0.39 is 0 Å². The summed E-state index contributed by atoms with van der Waals surface area (Å²) in [7, 11) is 0. The standard InChI is InChI=1S/C15H21ClN2O/c1-12(19)9-14-5-3-2-4-8-18(14)11-13-6-7-17-10-15(13)16/h6-7,10,14H,2-5,8-9,11H2,1H3. The lowest BCUT2D eigenvalue weighted by Gasteiger charge is -2.29. The molecule has 0 N–H and O–H groups in total. The lowest BCUT2D eigenvalue weighted by molar-refractivity contribution is -0.118. The Balaban J connectivity index is 2.09. The maximum atomic E-state index is 11.4. The van der Waals surface area contributed by atoms with Crippen LogP contribution >= 0.6 is 11.6 Å². The van der Waals surface area contributed by atoms with Crippen molar-refractivity contribution in [2.75, 3.05) is 6.54 Å². The molecule has 3 nitrogen and oxygen atoms in total. The SMILES string of the molecule is CC(=O)CC1CCCCCN1Cc1ccncc1Cl. The second-order valence-corrected chi connectivity index (χ2v) is 5.75. The summed E-state index contributed by atoms with van der Waals surface area (Å²) in [6.45, 7) is 3.55. The average Bonchev–Trinajstić information content (AvgIpc) is 2.58. The maximum absolute atomic E-state index is 11.4. The number of Topliss-reactive ketones (excluding diaryl/α,β-unsaturated/α-hetero) is 1. The van der Waals surface area contributed by atoms with Crippen molar-refractivity contribution in [3.63, 3.8) is 0 Å². The molecule has 1 fully saturated rings. The first kappa shape index (κ1) is 14.5. The molecule has 0 radical (unpaired) electrons. The Kier molecular flexibility index (Phi) is 5.34. The lowest BCUT2D eigenvalue weighted by atomic mass is 10.0. The average molecular weight is 281 g/mol. The van der Waals surface area contributed by atoms with Gasteiger partial charge in [-0.3, -0.25) is 14.7 Å². The topological polar surface area (TPSA) is 33.2 Å². The Labute approximate surface area is 120 Å². The van der Waals surface area contributed by atoms with Gasteiger partial charge >= 0.3 is 0 Å². The molecule has 1 unspecified atom stereocenters. The molecule has 1 aromatic rings. The number of ketones is 1. The van der Waals surface area contributed by atoms with Gasteiger partial charge in [-0.2, -0.15) is 0 Å². The van der Waals surface area contributed by atoms with Crippen molar-refractivity contribution in [1.82, 2.24) is 9.88 Å². The van der Waals surface area contributed by atoms with E-state index in [1.54, 1.807) is 19.3 Å². The molecule has 0 aliphatic carbocycles. The second kappa shape index (κ2) is 7.01. The van der Waals surface area contributed by atoms with Crippen molar-refractivity contribution in [2.24, 2.45) is 0 Å². The van der Waals surface area contributed by atoms with E-state index in [0.29, 0.717) is 17.5 Å². The second-order valence-electron chi connectivity index (χ2n) is 5.35. The van der Waals surface area contributed by atoms with Crippen LogP contribution in [0.3, 0.4) is 0 Å². The molecule has 4 heteroatoms. The predicted molar refractivity (Wildman–Crippen MR) is 77.2 cm³/mol. The number of nitrogens with zero attached hydrogens (tertiary/aromatic N) is 2. The Morgan fingerprint density at radius 1 is 1.47 bits per heavy atom. The zero-order valence-corrected chi connectivity index (χ0v) is 12.2. The minimum Gasteiger partial charge on any atom is -0.300 e. The molecule has 0 aromatic carbocycles. The van der Waals surface area contributed by atoms with E-state index >= 15 is 0 Å². The molecule has 1 aliphatic heterocycles. The van der Waals surface area contributed by atoms with Crippen molar-refractivity contribution in [3.8, 4) is 0 Å². The monoisotopic (exact) mass is 280 g/mol. The van der Waals surface area contributed by atoms with Crippen LogP contribution in [0.2, 0.25) is 5.02 Å². The Morgan fingerprint density at radius 2 is 2.32 bits per heavy atom. The summed E-state index contributed by atoms with van der Waals surface area (Å²) in [5.74, 6) is 0.276. The molecule has 2 rings (SSSR count). The van der Waals surface area contributed by atoms with Crippen LogP contribution in [-0.2, 0) is 11.3 Å². The molecule has 1 saturated heterocycles. The van der Waals surface area contributed by atoms with Crippen molar-refractivity contribution < 1.29 is 4.79 Å². The maximum Gasteiger partial charge on any atom is 0.131 e. The number of carbonyl (C=O) groups excluding carboxylic acids is 1. The number of pyridine rings is 1. The molecule has 1 aliphatic rings. The highest BCUT2D eigenvalue weighted by Gasteiger charge is 2.22. The number of hydrogen-bond donors (Lipinski definition) is 0. The van der Waals surface area contributed by atoms with Crippen LogP contribution < -0.4 is 0 Å². The summed E-state index contributed by atoms with van der Waals surface area (Å²) < 4.78 is 0. The van der Waals surface area contributed by atoms with E-state index in [1.807, 2.05) is 6.07 Å². The molecule has 0 bridgehead atoms. The molecule has 2 heterocycles. The quantitative estimate of drug-likeness (QED) is 0.847. The summed E-state index contributed by atoms with van der Waals surface area (Å²) in [4.78, 5) is 17.9. The van der Waals surface area contributed by atoms with Gasteiger partial charge in [-0.1, -0.05) is 24.4 Å². The number of hydrogen-bond acceptors (Lipinski definition) is 3. The van der Waals surface area contributed by atoms with Gasteiger partial charge in [-0.15, -0.1) is 0 Å². The van der Waals surface area contributed by atoms with Gasteiger partial charge in [-0.25, -0.2) is 0 Å². The number of likely N-dealkylation sites (tertiary alicyclic amines) is 1. The molecular weight excluding hydrogens is 260 g/mol. The number of halogens is 1. The summed E-state index contributed by atoms with van der Waals surface area (Å²) in [6, 6.07) is 2.34. The highest BCUT2D eigenvalue weighted by Crippen LogP contribution is 2.24. The van der Waals surface area contributed by atoms with E-state index in [1.165, 1.54) is 19.3 Å². The fourth-order valence-electron chi connectivity index (χ4n) is 2.76. The molecule has 1 atom stereocenters. The first-order valence-electron chi connectivity index (χ1n) is 6.98. The summed E-state index contributed by atoms with van der Waals surface area (Å²) in [5.41, 5.74) is 1.10. The molecular formula is C15H21ClN2O. The zero-order valence-electron chi connectivity index (χ0n) is 11.4. The third-order valence-electron chi connectivity index (χ3n) is 3.75. The third-order valence-corrected chi connectivity index (χ3v) is 4.09. The van der Waals surface area contributed by atoms with Crippen molar-refractivity contribution in [1.29, 1.82) is 0 Å². The number of carbonyl (C=O) groups is 1. The number of rotatable bonds is 4. The van der Waals surface area contributed by atoms with Gasteiger partial charge in [-0.05, 0) is 37.9 Å². The minimum absolute atomic E-state index is 0.276. The van der Waals surface area contributed by atoms with E-state index in [4.69, 9.17) is 11.6 Å². The Morgan fingerprint density at radius 3 is 3.05 bits per heavy atom. The van der Waals surface area contributed by atoms with E-state index in [0.717, 1.165) is 25.1 Å². The highest BCUT2D eigenvalue weighted by atomic mass is 35.5. The predicted octanol–water partition coefficient (Wildman–Crippen LogP) is 3.46. The number of aromatic nitrogens is 1. The van der Waals surface area contributed by atoms with Crippen LogP contribution in [0.25, 0.3) is 0 Å². The molecule has 0 spiro atoms. The van der Waals surface area contributed by atoms with Crippen LogP contribution in [-0.4, -0.2) is 28.3 Å². The largest absolute Gasteiger partial charge is 0.300 e. The van der Waals surface area contributed by atoms with Crippen molar-refractivity contribution >= 4 is 17.4 Å². The minimum atomic E-state index is 0.276. The summed E-state index contributed by atoms with van der Waals surface area (Å²) in [6.07, 6.45) is 8.92. The highest BCUT2D eigenvalue weighted by molar-refractivity contribution is 6.31. The fraction of sp³-hybridized carbons (Fsp3) is 0.600. The lowest BCUT2D eigenvalue weighted by Crippen LogP contribution is -2.35. The smallest absolute Gasteiger partial charge is 0.131 e. The van der Waals surface area contributed by atoms with Crippen LogP contribution in [0, 0.1) is 0 Å². The zero-order chi connectivity index (χ0) is 13.7. The molecule has 104 valence electrons. The van der Waals surface area contributed by atoms with Gasteiger partial charge < -0.3 is 0 Å². The van der Waals surface area contributed by atoms with Gasteiger partial charge in [0.25, 0.3) is 0 Å². The van der Waals surface area contributed by atoms with Crippen LogP contribution in [0.1, 0.15) is 44.6 Å². The van der Waals surface area contributed by atoms with Crippen LogP contribution in [0.4, 0.5) is 0 Å². The van der Waals surface area contributed by atoms with Crippen LogP contribution in [0.15, 0.2) is 18.5 Å². The summed E-state index contributed by atoms with van der Waals surface area (Å²) >= 11 is 6.18. The van der Waals surface area contributed by atoms with Crippen LogP contribution in [0.5, 0.6) is 0 Å². The Hall–Kier alpha value is -0.930.